The van der Waals surface area contributed by atoms with Crippen molar-refractivity contribution < 1.29 is 4.21 Å². The van der Waals surface area contributed by atoms with E-state index in [4.69, 9.17) is 18.0 Å². The van der Waals surface area contributed by atoms with Gasteiger partial charge >= 0.3 is 0 Å². The van der Waals surface area contributed by atoms with Gasteiger partial charge in [0, 0.05) is 35.4 Å². The van der Waals surface area contributed by atoms with Crippen LogP contribution in [0.3, 0.4) is 0 Å². The molecule has 1 aliphatic heterocycles. The standard InChI is InChI=1S/C18H29N3OS2/c1-24(22)13-5-8-17(20-18(19)23)16-9-11-21(12-10-16)14-15-6-3-2-4-7-15/h2-4,6-7,16-17H,5,8-14H2,1H3,(H3,19,20,23). The van der Waals surface area contributed by atoms with E-state index in [9.17, 15) is 4.21 Å². The maximum Gasteiger partial charge on any atom is 0.163 e. The lowest BCUT2D eigenvalue weighted by atomic mass is 9.87. The molecule has 0 aromatic heterocycles. The number of thiocarbonyl (C=S) groups is 1. The average Bonchev–Trinajstić information content (AvgIpc) is 2.55. The molecule has 1 saturated heterocycles. The van der Waals surface area contributed by atoms with E-state index < -0.39 is 10.8 Å². The molecule has 1 heterocycles. The second-order valence-corrected chi connectivity index (χ2v) is 8.63. The highest BCUT2D eigenvalue weighted by molar-refractivity contribution is 7.84. The molecule has 1 fully saturated rings. The Balaban J connectivity index is 1.82. The molecule has 4 nitrogen and oxygen atoms in total. The third-order valence-electron chi connectivity index (χ3n) is 4.72. The fourth-order valence-electron chi connectivity index (χ4n) is 3.47. The molecule has 2 rings (SSSR count). The zero-order chi connectivity index (χ0) is 17.4. The molecular formula is C18H29N3OS2. The van der Waals surface area contributed by atoms with Gasteiger partial charge in [-0.2, -0.15) is 0 Å². The van der Waals surface area contributed by atoms with Gasteiger partial charge in [-0.05, 0) is 62.5 Å². The van der Waals surface area contributed by atoms with Crippen molar-refractivity contribution in [2.24, 2.45) is 11.7 Å². The number of likely N-dealkylation sites (tertiary alicyclic amines) is 1. The molecule has 6 heteroatoms. The van der Waals surface area contributed by atoms with E-state index in [0.717, 1.165) is 51.1 Å². The summed E-state index contributed by atoms with van der Waals surface area (Å²) >= 11 is 5.05. The van der Waals surface area contributed by atoms with Crippen LogP contribution in [0.15, 0.2) is 30.3 Å². The van der Waals surface area contributed by atoms with Gasteiger partial charge in [-0.15, -0.1) is 0 Å². The second kappa shape index (κ2) is 10.1. The van der Waals surface area contributed by atoms with Crippen molar-refractivity contribution in [1.82, 2.24) is 10.2 Å². The van der Waals surface area contributed by atoms with Crippen LogP contribution in [0, 0.1) is 5.92 Å². The Kier molecular flexibility index (Phi) is 8.15. The summed E-state index contributed by atoms with van der Waals surface area (Å²) in [4.78, 5) is 2.52. The van der Waals surface area contributed by atoms with Crippen molar-refractivity contribution >= 4 is 28.1 Å². The molecule has 1 aliphatic rings. The summed E-state index contributed by atoms with van der Waals surface area (Å²) in [6.45, 7) is 3.24. The van der Waals surface area contributed by atoms with Gasteiger partial charge in [0.2, 0.25) is 0 Å². The van der Waals surface area contributed by atoms with E-state index in [-0.39, 0.29) is 0 Å². The van der Waals surface area contributed by atoms with E-state index in [1.165, 1.54) is 5.56 Å². The minimum absolute atomic E-state index is 0.310. The summed E-state index contributed by atoms with van der Waals surface area (Å²) in [6.07, 6.45) is 6.01. The summed E-state index contributed by atoms with van der Waals surface area (Å²) in [5.74, 6) is 1.34. The molecule has 2 unspecified atom stereocenters. The summed E-state index contributed by atoms with van der Waals surface area (Å²) in [7, 11) is -0.728. The minimum Gasteiger partial charge on any atom is -0.376 e. The SMILES string of the molecule is CS(=O)CCCC(NC(N)=S)C1CCN(Cc2ccccc2)CC1. The number of piperidine rings is 1. The summed E-state index contributed by atoms with van der Waals surface area (Å²) in [6, 6.07) is 10.9. The predicted molar refractivity (Wildman–Crippen MR) is 106 cm³/mol. The molecule has 0 aliphatic carbocycles. The maximum absolute atomic E-state index is 11.3. The van der Waals surface area contributed by atoms with E-state index in [0.29, 0.717) is 17.1 Å². The normalized spacial score (nSPS) is 18.9. The van der Waals surface area contributed by atoms with Gasteiger partial charge in [-0.3, -0.25) is 9.11 Å². The van der Waals surface area contributed by atoms with Crippen LogP contribution in [0.2, 0.25) is 0 Å². The van der Waals surface area contributed by atoms with Crippen LogP contribution in [-0.4, -0.2) is 45.4 Å². The smallest absolute Gasteiger partial charge is 0.163 e. The largest absolute Gasteiger partial charge is 0.376 e. The molecule has 0 amide bonds. The highest BCUT2D eigenvalue weighted by atomic mass is 32.2. The first-order valence-electron chi connectivity index (χ1n) is 8.67. The van der Waals surface area contributed by atoms with Crippen LogP contribution < -0.4 is 11.1 Å². The van der Waals surface area contributed by atoms with E-state index in [2.05, 4.69) is 40.5 Å². The first kappa shape index (κ1) is 19.3. The number of rotatable bonds is 8. The number of hydrogen-bond acceptors (Lipinski definition) is 3. The highest BCUT2D eigenvalue weighted by Gasteiger charge is 2.26. The molecule has 0 saturated carbocycles. The van der Waals surface area contributed by atoms with Crippen LogP contribution in [-0.2, 0) is 17.3 Å². The van der Waals surface area contributed by atoms with Gasteiger partial charge in [-0.1, -0.05) is 30.3 Å². The van der Waals surface area contributed by atoms with Gasteiger partial charge in [-0.25, -0.2) is 0 Å². The predicted octanol–water partition coefficient (Wildman–Crippen LogP) is 2.26. The molecule has 1 aromatic carbocycles. The Morgan fingerprint density at radius 2 is 2.04 bits per heavy atom. The van der Waals surface area contributed by atoms with Crippen LogP contribution in [0.25, 0.3) is 0 Å². The Labute approximate surface area is 153 Å². The van der Waals surface area contributed by atoms with Crippen LogP contribution >= 0.6 is 12.2 Å². The zero-order valence-corrected chi connectivity index (χ0v) is 16.1. The zero-order valence-electron chi connectivity index (χ0n) is 14.4. The molecule has 134 valence electrons. The molecule has 0 radical (unpaired) electrons. The van der Waals surface area contributed by atoms with E-state index in [1.807, 2.05) is 0 Å². The average molecular weight is 368 g/mol. The third kappa shape index (κ3) is 6.87. The lowest BCUT2D eigenvalue weighted by molar-refractivity contribution is 0.155. The fourth-order valence-corrected chi connectivity index (χ4v) is 4.19. The molecule has 3 N–H and O–H groups in total. The Hall–Kier alpha value is -0.980. The third-order valence-corrected chi connectivity index (χ3v) is 5.71. The summed E-state index contributed by atoms with van der Waals surface area (Å²) < 4.78 is 11.3. The van der Waals surface area contributed by atoms with E-state index in [1.54, 1.807) is 6.26 Å². The maximum atomic E-state index is 11.3. The quantitative estimate of drug-likeness (QED) is 0.690. The Bertz CT molecular complexity index is 530. The number of hydrogen-bond donors (Lipinski definition) is 2. The van der Waals surface area contributed by atoms with Crippen molar-refractivity contribution in [3.05, 3.63) is 35.9 Å². The van der Waals surface area contributed by atoms with Crippen LogP contribution in [0.1, 0.15) is 31.2 Å². The minimum atomic E-state index is -0.728. The van der Waals surface area contributed by atoms with Crippen LogP contribution in [0.4, 0.5) is 0 Å². The summed E-state index contributed by atoms with van der Waals surface area (Å²) in [5.41, 5.74) is 7.09. The number of benzene rings is 1. The van der Waals surface area contributed by atoms with E-state index >= 15 is 0 Å². The first-order chi connectivity index (χ1) is 11.5. The second-order valence-electron chi connectivity index (χ2n) is 6.63. The molecule has 2 atom stereocenters. The molecule has 24 heavy (non-hydrogen) atoms. The van der Waals surface area contributed by atoms with Crippen molar-refractivity contribution in [3.63, 3.8) is 0 Å². The topological polar surface area (TPSA) is 58.4 Å². The molecule has 0 spiro atoms. The first-order valence-corrected chi connectivity index (χ1v) is 10.8. The van der Waals surface area contributed by atoms with Crippen molar-refractivity contribution in [2.45, 2.75) is 38.3 Å². The van der Waals surface area contributed by atoms with Gasteiger partial charge < -0.3 is 11.1 Å². The van der Waals surface area contributed by atoms with Gasteiger partial charge in [0.15, 0.2) is 5.11 Å². The number of nitrogens with two attached hydrogens (primary N) is 1. The molecule has 1 aromatic rings. The lowest BCUT2D eigenvalue weighted by Gasteiger charge is -2.36. The fraction of sp³-hybridized carbons (Fsp3) is 0.611. The Morgan fingerprint density at radius 1 is 1.38 bits per heavy atom. The summed E-state index contributed by atoms with van der Waals surface area (Å²) in [5, 5.41) is 3.66. The number of nitrogens with one attached hydrogen (secondary N) is 1. The van der Waals surface area contributed by atoms with Crippen LogP contribution in [0.5, 0.6) is 0 Å². The number of nitrogens with zero attached hydrogens (tertiary/aromatic N) is 1. The van der Waals surface area contributed by atoms with Gasteiger partial charge in [0.25, 0.3) is 0 Å². The molecule has 0 bridgehead atoms. The Morgan fingerprint density at radius 3 is 2.62 bits per heavy atom. The lowest BCUT2D eigenvalue weighted by Crippen LogP contribution is -2.47. The monoisotopic (exact) mass is 367 g/mol. The van der Waals surface area contributed by atoms with Crippen molar-refractivity contribution in [3.8, 4) is 0 Å². The van der Waals surface area contributed by atoms with Gasteiger partial charge in [0.05, 0.1) is 0 Å². The van der Waals surface area contributed by atoms with Crippen molar-refractivity contribution in [2.75, 3.05) is 25.1 Å². The molecular weight excluding hydrogens is 338 g/mol. The highest BCUT2D eigenvalue weighted by Crippen LogP contribution is 2.24. The van der Waals surface area contributed by atoms with Crippen molar-refractivity contribution in [1.29, 1.82) is 0 Å². The van der Waals surface area contributed by atoms with Gasteiger partial charge in [0.1, 0.15) is 0 Å².